The van der Waals surface area contributed by atoms with Gasteiger partial charge < -0.3 is 14.6 Å². The molecular formula is C30H33NO5. The number of benzene rings is 2. The zero-order chi connectivity index (χ0) is 25.2. The topological polar surface area (TPSA) is 76.1 Å². The van der Waals surface area contributed by atoms with E-state index in [0.29, 0.717) is 25.3 Å². The first-order chi connectivity index (χ1) is 17.5. The summed E-state index contributed by atoms with van der Waals surface area (Å²) in [5.74, 6) is -0.820. The molecule has 2 aromatic carbocycles. The van der Waals surface area contributed by atoms with Gasteiger partial charge in [0.15, 0.2) is 0 Å². The van der Waals surface area contributed by atoms with Crippen LogP contribution in [0.2, 0.25) is 0 Å². The lowest BCUT2D eigenvalue weighted by atomic mass is 9.69. The smallest absolute Gasteiger partial charge is 0.238 e. The Bertz CT molecular complexity index is 1200. The summed E-state index contributed by atoms with van der Waals surface area (Å²) in [7, 11) is 1.67. The lowest BCUT2D eigenvalue weighted by Crippen LogP contribution is -2.35. The number of fused-ring (bicyclic) bond motifs is 3. The van der Waals surface area contributed by atoms with Gasteiger partial charge in [0, 0.05) is 18.6 Å². The molecule has 2 aliphatic heterocycles. The monoisotopic (exact) mass is 487 g/mol. The molecule has 4 atom stereocenters. The van der Waals surface area contributed by atoms with Crippen LogP contribution in [0.3, 0.4) is 0 Å². The molecule has 0 spiro atoms. The first-order valence-electron chi connectivity index (χ1n) is 12.8. The number of imide groups is 1. The molecule has 188 valence electrons. The Morgan fingerprint density at radius 2 is 1.83 bits per heavy atom. The summed E-state index contributed by atoms with van der Waals surface area (Å²) in [5.41, 5.74) is 4.94. The number of amides is 2. The molecule has 36 heavy (non-hydrogen) atoms. The van der Waals surface area contributed by atoms with Gasteiger partial charge in [0.05, 0.1) is 36.8 Å². The average Bonchev–Trinajstić information content (AvgIpc) is 3.42. The van der Waals surface area contributed by atoms with Crippen LogP contribution in [-0.4, -0.2) is 43.3 Å². The summed E-state index contributed by atoms with van der Waals surface area (Å²) < 4.78 is 11.8. The van der Waals surface area contributed by atoms with Crippen molar-refractivity contribution in [1.29, 1.82) is 0 Å². The number of hydrogen-bond acceptors (Lipinski definition) is 5. The number of carbonyl (C=O) groups is 2. The third-order valence-corrected chi connectivity index (χ3v) is 7.82. The highest BCUT2D eigenvalue weighted by atomic mass is 16.5. The third-order valence-electron chi connectivity index (χ3n) is 7.82. The summed E-state index contributed by atoms with van der Waals surface area (Å²) in [6.45, 7) is 3.00. The maximum atomic E-state index is 13.6. The molecule has 0 saturated carbocycles. The van der Waals surface area contributed by atoms with Crippen LogP contribution in [-0.2, 0) is 19.1 Å². The van der Waals surface area contributed by atoms with Gasteiger partial charge >= 0.3 is 0 Å². The molecule has 0 unspecified atom stereocenters. The molecule has 1 N–H and O–H groups in total. The van der Waals surface area contributed by atoms with Gasteiger partial charge in [-0.25, -0.2) is 0 Å². The standard InChI is InChI=1S/C30H33NO5/c1-3-19(15-20-9-7-8-12-25(20)32)13-14-26-27-21(17-35-2)16-23-28(24(27)18-36-26)30(34)31(29(23)33)22-10-5-4-6-11-22/h4-12,15,23-24,26,28,32H,3,13-14,16-18H2,1-2H3/b19-15+/t23-,24+,26-,28-/m1/s1. The zero-order valence-electron chi connectivity index (χ0n) is 20.9. The molecule has 2 amide bonds. The number of carbonyl (C=O) groups excluding carboxylic acids is 2. The lowest BCUT2D eigenvalue weighted by Gasteiger charge is -2.31. The van der Waals surface area contributed by atoms with E-state index in [9.17, 15) is 14.7 Å². The highest BCUT2D eigenvalue weighted by Crippen LogP contribution is 2.50. The Morgan fingerprint density at radius 3 is 2.56 bits per heavy atom. The van der Waals surface area contributed by atoms with E-state index in [1.165, 1.54) is 10.5 Å². The van der Waals surface area contributed by atoms with Crippen molar-refractivity contribution >= 4 is 23.6 Å². The molecule has 2 fully saturated rings. The van der Waals surface area contributed by atoms with Crippen LogP contribution in [0.15, 0.2) is 71.3 Å². The van der Waals surface area contributed by atoms with Crippen molar-refractivity contribution in [3.8, 4) is 5.75 Å². The summed E-state index contributed by atoms with van der Waals surface area (Å²) >= 11 is 0. The fourth-order valence-electron chi connectivity index (χ4n) is 6.11. The van der Waals surface area contributed by atoms with Crippen molar-refractivity contribution in [2.24, 2.45) is 17.8 Å². The van der Waals surface area contributed by atoms with Gasteiger partial charge in [-0.2, -0.15) is 0 Å². The van der Waals surface area contributed by atoms with E-state index in [2.05, 4.69) is 13.0 Å². The number of para-hydroxylation sites is 2. The Hall–Kier alpha value is -3.22. The molecule has 3 aliphatic rings. The average molecular weight is 488 g/mol. The van der Waals surface area contributed by atoms with Crippen LogP contribution >= 0.6 is 0 Å². The van der Waals surface area contributed by atoms with Crippen LogP contribution in [0.4, 0.5) is 5.69 Å². The molecule has 6 nitrogen and oxygen atoms in total. The van der Waals surface area contributed by atoms with E-state index in [-0.39, 0.29) is 41.4 Å². The predicted molar refractivity (Wildman–Crippen MR) is 138 cm³/mol. The van der Waals surface area contributed by atoms with Gasteiger partial charge in [0.2, 0.25) is 11.8 Å². The predicted octanol–water partition coefficient (Wildman–Crippen LogP) is 5.13. The minimum Gasteiger partial charge on any atom is -0.507 e. The summed E-state index contributed by atoms with van der Waals surface area (Å²) in [6.07, 6.45) is 4.97. The number of ether oxygens (including phenoxy) is 2. The molecule has 0 bridgehead atoms. The fourth-order valence-corrected chi connectivity index (χ4v) is 6.11. The van der Waals surface area contributed by atoms with Crippen LogP contribution in [0.1, 0.15) is 38.2 Å². The van der Waals surface area contributed by atoms with Gasteiger partial charge in [-0.15, -0.1) is 0 Å². The largest absolute Gasteiger partial charge is 0.507 e. The molecule has 0 aromatic heterocycles. The lowest BCUT2D eigenvalue weighted by molar-refractivity contribution is -0.122. The van der Waals surface area contributed by atoms with Crippen molar-refractivity contribution in [2.75, 3.05) is 25.2 Å². The maximum absolute atomic E-state index is 13.6. The van der Waals surface area contributed by atoms with E-state index < -0.39 is 0 Å². The quantitative estimate of drug-likeness (QED) is 0.413. The zero-order valence-corrected chi connectivity index (χ0v) is 20.9. The van der Waals surface area contributed by atoms with Crippen molar-refractivity contribution in [2.45, 2.75) is 38.7 Å². The van der Waals surface area contributed by atoms with Gasteiger partial charge in [0.1, 0.15) is 5.75 Å². The number of rotatable bonds is 8. The van der Waals surface area contributed by atoms with Gasteiger partial charge in [0.25, 0.3) is 0 Å². The number of anilines is 1. The van der Waals surface area contributed by atoms with Gasteiger partial charge in [-0.3, -0.25) is 14.5 Å². The van der Waals surface area contributed by atoms with E-state index >= 15 is 0 Å². The Morgan fingerprint density at radius 1 is 1.08 bits per heavy atom. The van der Waals surface area contributed by atoms with Gasteiger partial charge in [-0.05, 0) is 55.0 Å². The number of methoxy groups -OCH3 is 1. The highest BCUT2D eigenvalue weighted by Gasteiger charge is 2.57. The summed E-state index contributed by atoms with van der Waals surface area (Å²) in [6, 6.07) is 16.6. The normalized spacial score (nSPS) is 25.9. The van der Waals surface area contributed by atoms with Crippen molar-refractivity contribution in [3.05, 3.63) is 76.9 Å². The maximum Gasteiger partial charge on any atom is 0.238 e. The number of hydrogen-bond donors (Lipinski definition) is 1. The second-order valence-electron chi connectivity index (χ2n) is 9.86. The Kier molecular flexibility index (Phi) is 7.08. The van der Waals surface area contributed by atoms with Crippen LogP contribution in [0.25, 0.3) is 6.08 Å². The first-order valence-corrected chi connectivity index (χ1v) is 12.8. The minimum atomic E-state index is -0.388. The fraction of sp³-hybridized carbons (Fsp3) is 0.400. The molecule has 5 rings (SSSR count). The molecular weight excluding hydrogens is 454 g/mol. The summed E-state index contributed by atoms with van der Waals surface area (Å²) in [4.78, 5) is 28.3. The highest BCUT2D eigenvalue weighted by molar-refractivity contribution is 6.22. The SMILES string of the molecule is CC/C(=C\c1ccccc1O)CC[C@H]1OC[C@H]2C1=C(COC)C[C@H]1C(=O)N(c3ccccc3)C(=O)[C@H]12. The summed E-state index contributed by atoms with van der Waals surface area (Å²) in [5, 5.41) is 10.2. The molecule has 2 heterocycles. The molecule has 2 saturated heterocycles. The minimum absolute atomic E-state index is 0.101. The molecule has 2 aromatic rings. The molecule has 0 radical (unpaired) electrons. The third kappa shape index (κ3) is 4.40. The number of aromatic hydroxyl groups is 1. The molecule has 1 aliphatic carbocycles. The van der Waals surface area contributed by atoms with E-state index in [4.69, 9.17) is 9.47 Å². The van der Waals surface area contributed by atoms with Crippen molar-refractivity contribution < 1.29 is 24.2 Å². The Labute approximate surface area is 212 Å². The second-order valence-corrected chi connectivity index (χ2v) is 9.86. The van der Waals surface area contributed by atoms with E-state index in [0.717, 1.165) is 36.0 Å². The number of phenolic OH excluding ortho intramolecular Hbond substituents is 1. The Balaban J connectivity index is 1.39. The number of nitrogens with zero attached hydrogens (tertiary/aromatic N) is 1. The van der Waals surface area contributed by atoms with Crippen LogP contribution in [0, 0.1) is 17.8 Å². The van der Waals surface area contributed by atoms with Crippen LogP contribution < -0.4 is 4.90 Å². The van der Waals surface area contributed by atoms with E-state index in [1.807, 2.05) is 48.5 Å². The number of allylic oxidation sites excluding steroid dienone is 1. The molecule has 6 heteroatoms. The first kappa shape index (κ1) is 24.5. The van der Waals surface area contributed by atoms with Crippen molar-refractivity contribution in [1.82, 2.24) is 0 Å². The van der Waals surface area contributed by atoms with Gasteiger partial charge in [-0.1, -0.05) is 55.0 Å². The van der Waals surface area contributed by atoms with Crippen molar-refractivity contribution in [3.63, 3.8) is 0 Å². The van der Waals surface area contributed by atoms with E-state index in [1.54, 1.807) is 13.2 Å². The number of phenols is 1. The second kappa shape index (κ2) is 10.4. The van der Waals surface area contributed by atoms with Crippen LogP contribution in [0.5, 0.6) is 5.75 Å².